The molecule has 0 aliphatic carbocycles. The van der Waals surface area contributed by atoms with Crippen LogP contribution in [0.5, 0.6) is 0 Å². The predicted octanol–water partition coefficient (Wildman–Crippen LogP) is 3.82. The molecule has 2 rings (SSSR count). The zero-order chi connectivity index (χ0) is 16.5. The molecule has 0 aliphatic rings. The number of unbranched alkanes of at least 4 members (excludes halogenated alkanes) is 1. The molecule has 2 aromatic rings. The number of esters is 1. The molecule has 122 valence electrons. The first-order chi connectivity index (χ1) is 11.2. The zero-order valence-corrected chi connectivity index (χ0v) is 14.0. The average molecular weight is 331 g/mol. The molecular weight excluding hydrogens is 310 g/mol. The van der Waals surface area contributed by atoms with Crippen molar-refractivity contribution in [3.8, 4) is 0 Å². The third-order valence-electron chi connectivity index (χ3n) is 3.35. The molecule has 0 bridgehead atoms. The highest BCUT2D eigenvalue weighted by Gasteiger charge is 2.09. The number of ether oxygens (including phenoxy) is 1. The Morgan fingerprint density at radius 1 is 1.13 bits per heavy atom. The highest BCUT2D eigenvalue weighted by molar-refractivity contribution is 7.07. The van der Waals surface area contributed by atoms with Crippen LogP contribution in [-0.4, -0.2) is 18.5 Å². The van der Waals surface area contributed by atoms with Gasteiger partial charge in [-0.3, -0.25) is 9.59 Å². The second-order valence-corrected chi connectivity index (χ2v) is 6.10. The van der Waals surface area contributed by atoms with Crippen molar-refractivity contribution in [2.75, 3.05) is 11.9 Å². The van der Waals surface area contributed by atoms with Gasteiger partial charge in [0.15, 0.2) is 6.61 Å². The summed E-state index contributed by atoms with van der Waals surface area (Å²) in [5.74, 6) is -0.724. The maximum absolute atomic E-state index is 11.8. The summed E-state index contributed by atoms with van der Waals surface area (Å²) in [6, 6.07) is 9.62. The summed E-state index contributed by atoms with van der Waals surface area (Å²) < 4.78 is 4.98. The summed E-state index contributed by atoms with van der Waals surface area (Å²) in [6.07, 6.45) is 3.56. The number of rotatable bonds is 8. The van der Waals surface area contributed by atoms with Gasteiger partial charge >= 0.3 is 5.97 Å². The van der Waals surface area contributed by atoms with E-state index in [2.05, 4.69) is 12.2 Å². The van der Waals surface area contributed by atoms with Gasteiger partial charge < -0.3 is 10.1 Å². The van der Waals surface area contributed by atoms with Crippen LogP contribution in [0, 0.1) is 0 Å². The molecule has 5 heteroatoms. The van der Waals surface area contributed by atoms with Gasteiger partial charge in [0, 0.05) is 5.69 Å². The lowest BCUT2D eigenvalue weighted by Crippen LogP contribution is -2.21. The van der Waals surface area contributed by atoms with Crippen molar-refractivity contribution in [3.63, 3.8) is 0 Å². The van der Waals surface area contributed by atoms with Gasteiger partial charge in [-0.25, -0.2) is 0 Å². The largest absolute Gasteiger partial charge is 0.455 e. The Labute approximate surface area is 140 Å². The van der Waals surface area contributed by atoms with Gasteiger partial charge in [-0.2, -0.15) is 11.3 Å². The van der Waals surface area contributed by atoms with E-state index >= 15 is 0 Å². The fourth-order valence-electron chi connectivity index (χ4n) is 2.09. The summed E-state index contributed by atoms with van der Waals surface area (Å²) in [4.78, 5) is 23.4. The molecule has 0 spiro atoms. The maximum atomic E-state index is 11.8. The van der Waals surface area contributed by atoms with Crippen molar-refractivity contribution in [1.29, 1.82) is 0 Å². The van der Waals surface area contributed by atoms with E-state index in [0.29, 0.717) is 5.69 Å². The second-order valence-electron chi connectivity index (χ2n) is 5.32. The average Bonchev–Trinajstić information content (AvgIpc) is 3.05. The van der Waals surface area contributed by atoms with Crippen LogP contribution in [-0.2, 0) is 27.2 Å². The standard InChI is InChI=1S/C18H21NO3S/c1-2-3-4-14-5-7-16(8-6-14)19-17(20)12-22-18(21)11-15-9-10-23-13-15/h5-10,13H,2-4,11-12H2,1H3,(H,19,20). The van der Waals surface area contributed by atoms with Crippen LogP contribution in [0.15, 0.2) is 41.1 Å². The number of anilines is 1. The Hall–Kier alpha value is -2.14. The summed E-state index contributed by atoms with van der Waals surface area (Å²) in [5.41, 5.74) is 2.87. The summed E-state index contributed by atoms with van der Waals surface area (Å²) >= 11 is 1.53. The van der Waals surface area contributed by atoms with Gasteiger partial charge in [0.2, 0.25) is 0 Å². The minimum Gasteiger partial charge on any atom is -0.455 e. The quantitative estimate of drug-likeness (QED) is 0.748. The zero-order valence-electron chi connectivity index (χ0n) is 13.2. The Kier molecular flexibility index (Phi) is 6.81. The van der Waals surface area contributed by atoms with E-state index in [1.54, 1.807) is 0 Å². The second kappa shape index (κ2) is 9.10. The fraction of sp³-hybridized carbons (Fsp3) is 0.333. The fourth-order valence-corrected chi connectivity index (χ4v) is 2.76. The van der Waals surface area contributed by atoms with Crippen LogP contribution in [0.25, 0.3) is 0 Å². The summed E-state index contributed by atoms with van der Waals surface area (Å²) in [7, 11) is 0. The van der Waals surface area contributed by atoms with Crippen molar-refractivity contribution in [1.82, 2.24) is 0 Å². The molecule has 0 aliphatic heterocycles. The van der Waals surface area contributed by atoms with Crippen LogP contribution >= 0.6 is 11.3 Å². The van der Waals surface area contributed by atoms with E-state index in [-0.39, 0.29) is 18.9 Å². The van der Waals surface area contributed by atoms with Gasteiger partial charge in [-0.1, -0.05) is 25.5 Å². The lowest BCUT2D eigenvalue weighted by atomic mass is 10.1. The third kappa shape index (κ3) is 6.24. The van der Waals surface area contributed by atoms with Crippen molar-refractivity contribution >= 4 is 28.9 Å². The Morgan fingerprint density at radius 3 is 2.57 bits per heavy atom. The number of amides is 1. The SMILES string of the molecule is CCCCc1ccc(NC(=O)COC(=O)Cc2ccsc2)cc1. The van der Waals surface area contributed by atoms with Crippen molar-refractivity contribution in [3.05, 3.63) is 52.2 Å². The van der Waals surface area contributed by atoms with E-state index in [1.165, 1.54) is 16.9 Å². The van der Waals surface area contributed by atoms with E-state index in [9.17, 15) is 9.59 Å². The van der Waals surface area contributed by atoms with Gasteiger partial charge in [0.05, 0.1) is 6.42 Å². The number of benzene rings is 1. The smallest absolute Gasteiger partial charge is 0.310 e. The molecule has 1 amide bonds. The van der Waals surface area contributed by atoms with Gasteiger partial charge in [0.1, 0.15) is 0 Å². The van der Waals surface area contributed by atoms with Crippen LogP contribution < -0.4 is 5.32 Å². The number of thiophene rings is 1. The number of carbonyl (C=O) groups is 2. The van der Waals surface area contributed by atoms with E-state index in [4.69, 9.17) is 4.74 Å². The molecule has 0 radical (unpaired) electrons. The van der Waals surface area contributed by atoms with Crippen molar-refractivity contribution in [2.45, 2.75) is 32.6 Å². The molecule has 23 heavy (non-hydrogen) atoms. The van der Waals surface area contributed by atoms with Gasteiger partial charge in [-0.15, -0.1) is 0 Å². The summed E-state index contributed by atoms with van der Waals surface area (Å²) in [5, 5.41) is 6.52. The number of hydrogen-bond acceptors (Lipinski definition) is 4. The molecule has 1 heterocycles. The first-order valence-corrected chi connectivity index (χ1v) is 8.67. The molecule has 0 unspecified atom stereocenters. The minimum absolute atomic E-state index is 0.197. The highest BCUT2D eigenvalue weighted by atomic mass is 32.1. The lowest BCUT2D eigenvalue weighted by Gasteiger charge is -2.07. The van der Waals surface area contributed by atoms with Crippen LogP contribution in [0.2, 0.25) is 0 Å². The summed E-state index contributed by atoms with van der Waals surface area (Å²) in [6.45, 7) is 1.90. The van der Waals surface area contributed by atoms with Crippen molar-refractivity contribution < 1.29 is 14.3 Å². The van der Waals surface area contributed by atoms with Gasteiger partial charge in [0.25, 0.3) is 5.91 Å². The monoisotopic (exact) mass is 331 g/mol. The van der Waals surface area contributed by atoms with Crippen LogP contribution in [0.4, 0.5) is 5.69 Å². The van der Waals surface area contributed by atoms with Crippen molar-refractivity contribution in [2.24, 2.45) is 0 Å². The molecule has 0 saturated carbocycles. The minimum atomic E-state index is -0.395. The molecule has 0 atom stereocenters. The molecule has 0 saturated heterocycles. The number of hydrogen-bond donors (Lipinski definition) is 1. The molecular formula is C18H21NO3S. The number of aryl methyl sites for hydroxylation is 1. The molecule has 1 aromatic heterocycles. The molecule has 1 aromatic carbocycles. The van der Waals surface area contributed by atoms with Crippen LogP contribution in [0.3, 0.4) is 0 Å². The van der Waals surface area contributed by atoms with E-state index < -0.39 is 5.97 Å². The number of carbonyl (C=O) groups excluding carboxylic acids is 2. The van der Waals surface area contributed by atoms with Crippen LogP contribution in [0.1, 0.15) is 30.9 Å². The first-order valence-electron chi connectivity index (χ1n) is 7.73. The van der Waals surface area contributed by atoms with E-state index in [1.807, 2.05) is 41.1 Å². The Bertz CT molecular complexity index is 620. The molecule has 0 fully saturated rings. The Balaban J connectivity index is 1.72. The van der Waals surface area contributed by atoms with E-state index in [0.717, 1.165) is 24.8 Å². The Morgan fingerprint density at radius 2 is 1.91 bits per heavy atom. The number of nitrogens with one attached hydrogen (secondary N) is 1. The molecule has 4 nitrogen and oxygen atoms in total. The first kappa shape index (κ1) is 17.2. The lowest BCUT2D eigenvalue weighted by molar-refractivity contribution is -0.146. The normalized spacial score (nSPS) is 10.3. The topological polar surface area (TPSA) is 55.4 Å². The van der Waals surface area contributed by atoms with Gasteiger partial charge in [-0.05, 0) is 52.9 Å². The predicted molar refractivity (Wildman–Crippen MR) is 92.7 cm³/mol. The third-order valence-corrected chi connectivity index (χ3v) is 4.08. The highest BCUT2D eigenvalue weighted by Crippen LogP contribution is 2.12. The maximum Gasteiger partial charge on any atom is 0.310 e. The molecule has 1 N–H and O–H groups in total.